The van der Waals surface area contributed by atoms with Crippen LogP contribution in [-0.4, -0.2) is 13.0 Å². The third-order valence-electron chi connectivity index (χ3n) is 4.32. The maximum absolute atomic E-state index is 12.8. The van der Waals surface area contributed by atoms with Crippen molar-refractivity contribution in [2.45, 2.75) is 44.7 Å². The molecule has 1 heterocycles. The molecule has 0 saturated carbocycles. The van der Waals surface area contributed by atoms with E-state index in [1.54, 1.807) is 22.8 Å². The lowest BCUT2D eigenvalue weighted by atomic mass is 10.1. The van der Waals surface area contributed by atoms with Gasteiger partial charge in [-0.3, -0.25) is 9.36 Å². The zero-order valence-corrected chi connectivity index (χ0v) is 16.8. The van der Waals surface area contributed by atoms with Crippen LogP contribution in [0.15, 0.2) is 52.2 Å². The van der Waals surface area contributed by atoms with E-state index >= 15 is 0 Å². The number of aromatic nitrogens is 1. The molecule has 0 amide bonds. The minimum atomic E-state index is -3.69. The Bertz CT molecular complexity index is 1090. The molecule has 1 unspecified atom stereocenters. The van der Waals surface area contributed by atoms with Crippen LogP contribution in [0.4, 0.5) is 0 Å². The SMILES string of the molecule is Cc1ccc(C(C)NS(=O)(=O)c2ccc3c(c2)sc(=O)n3C(C)C)cc1. The minimum absolute atomic E-state index is 0.0263. The summed E-state index contributed by atoms with van der Waals surface area (Å²) in [6, 6.07) is 12.3. The average Bonchev–Trinajstić information content (AvgIpc) is 2.89. The van der Waals surface area contributed by atoms with Crippen molar-refractivity contribution >= 4 is 31.6 Å². The molecule has 1 atom stereocenters. The molecule has 0 bridgehead atoms. The second kappa shape index (κ2) is 6.98. The third kappa shape index (κ3) is 3.60. The summed E-state index contributed by atoms with van der Waals surface area (Å²) in [6.07, 6.45) is 0. The zero-order valence-electron chi connectivity index (χ0n) is 15.2. The van der Waals surface area contributed by atoms with Crippen LogP contribution in [0.25, 0.3) is 10.2 Å². The maximum atomic E-state index is 12.8. The topological polar surface area (TPSA) is 68.2 Å². The highest BCUT2D eigenvalue weighted by Crippen LogP contribution is 2.25. The second-order valence-electron chi connectivity index (χ2n) is 6.71. The Morgan fingerprint density at radius 3 is 2.31 bits per heavy atom. The maximum Gasteiger partial charge on any atom is 0.308 e. The smallest absolute Gasteiger partial charge is 0.296 e. The Morgan fingerprint density at radius 2 is 1.69 bits per heavy atom. The monoisotopic (exact) mass is 390 g/mol. The predicted octanol–water partition coefficient (Wildman–Crippen LogP) is 3.99. The molecule has 5 nitrogen and oxygen atoms in total. The van der Waals surface area contributed by atoms with Gasteiger partial charge < -0.3 is 0 Å². The second-order valence-corrected chi connectivity index (χ2v) is 9.42. The van der Waals surface area contributed by atoms with E-state index in [0.29, 0.717) is 4.70 Å². The molecule has 1 aromatic heterocycles. The summed E-state index contributed by atoms with van der Waals surface area (Å²) < 4.78 is 30.6. The number of fused-ring (bicyclic) bond motifs is 1. The van der Waals surface area contributed by atoms with Crippen molar-refractivity contribution in [3.8, 4) is 0 Å². The van der Waals surface area contributed by atoms with Gasteiger partial charge in [0.15, 0.2) is 0 Å². The Morgan fingerprint density at radius 1 is 1.04 bits per heavy atom. The van der Waals surface area contributed by atoms with Gasteiger partial charge in [-0.15, -0.1) is 0 Å². The Hall–Kier alpha value is -1.96. The van der Waals surface area contributed by atoms with Crippen LogP contribution in [0.2, 0.25) is 0 Å². The predicted molar refractivity (Wildman–Crippen MR) is 106 cm³/mol. The first-order chi connectivity index (χ1) is 12.2. The molecule has 0 aliphatic heterocycles. The van der Waals surface area contributed by atoms with Crippen molar-refractivity contribution in [3.63, 3.8) is 0 Å². The summed E-state index contributed by atoms with van der Waals surface area (Å²) >= 11 is 1.07. The van der Waals surface area contributed by atoms with Crippen molar-refractivity contribution in [3.05, 3.63) is 63.3 Å². The molecule has 7 heteroatoms. The van der Waals surface area contributed by atoms with E-state index in [4.69, 9.17) is 0 Å². The van der Waals surface area contributed by atoms with Crippen LogP contribution in [0.5, 0.6) is 0 Å². The largest absolute Gasteiger partial charge is 0.308 e. The van der Waals surface area contributed by atoms with E-state index in [1.807, 2.05) is 52.0 Å². The van der Waals surface area contributed by atoms with Crippen LogP contribution in [-0.2, 0) is 10.0 Å². The standard InChI is InChI=1S/C19H22N2O3S2/c1-12(2)21-17-10-9-16(11-18(17)25-19(21)22)26(23,24)20-14(4)15-7-5-13(3)6-8-15/h5-12,14,20H,1-4H3. The van der Waals surface area contributed by atoms with Crippen molar-refractivity contribution < 1.29 is 8.42 Å². The molecule has 0 fully saturated rings. The van der Waals surface area contributed by atoms with Gasteiger partial charge in [0, 0.05) is 12.1 Å². The number of nitrogens with zero attached hydrogens (tertiary/aromatic N) is 1. The number of sulfonamides is 1. The van der Waals surface area contributed by atoms with Gasteiger partial charge in [-0.2, -0.15) is 0 Å². The van der Waals surface area contributed by atoms with Crippen LogP contribution < -0.4 is 9.60 Å². The fraction of sp³-hybridized carbons (Fsp3) is 0.316. The van der Waals surface area contributed by atoms with Gasteiger partial charge in [0.25, 0.3) is 0 Å². The first-order valence-corrected chi connectivity index (χ1v) is 10.7. The van der Waals surface area contributed by atoms with E-state index in [2.05, 4.69) is 4.72 Å². The number of thiazole rings is 1. The van der Waals surface area contributed by atoms with Crippen molar-refractivity contribution in [2.75, 3.05) is 0 Å². The minimum Gasteiger partial charge on any atom is -0.296 e. The first-order valence-electron chi connectivity index (χ1n) is 8.43. The van der Waals surface area contributed by atoms with Gasteiger partial charge in [0.05, 0.1) is 15.1 Å². The lowest BCUT2D eigenvalue weighted by Crippen LogP contribution is -2.26. The van der Waals surface area contributed by atoms with E-state index in [0.717, 1.165) is 28.0 Å². The van der Waals surface area contributed by atoms with Gasteiger partial charge in [0.2, 0.25) is 10.0 Å². The molecular weight excluding hydrogens is 368 g/mol. The number of hydrogen-bond acceptors (Lipinski definition) is 4. The first kappa shape index (κ1) is 18.8. The molecule has 2 aromatic carbocycles. The quantitative estimate of drug-likeness (QED) is 0.716. The number of rotatable bonds is 5. The highest BCUT2D eigenvalue weighted by Gasteiger charge is 2.20. The highest BCUT2D eigenvalue weighted by molar-refractivity contribution is 7.89. The van der Waals surface area contributed by atoms with Crippen LogP contribution in [0, 0.1) is 6.92 Å². The molecule has 0 spiro atoms. The molecule has 26 heavy (non-hydrogen) atoms. The third-order valence-corrected chi connectivity index (χ3v) is 6.78. The van der Waals surface area contributed by atoms with E-state index in [9.17, 15) is 13.2 Å². The van der Waals surface area contributed by atoms with Gasteiger partial charge in [-0.05, 0) is 51.5 Å². The summed E-state index contributed by atoms with van der Waals surface area (Å²) in [6.45, 7) is 7.67. The molecular formula is C19H22N2O3S2. The van der Waals surface area contributed by atoms with Gasteiger partial charge in [0.1, 0.15) is 0 Å². The van der Waals surface area contributed by atoms with Crippen molar-refractivity contribution in [1.82, 2.24) is 9.29 Å². The molecule has 1 N–H and O–H groups in total. The van der Waals surface area contributed by atoms with Crippen LogP contribution in [0.3, 0.4) is 0 Å². The Kier molecular flexibility index (Phi) is 5.05. The molecule has 138 valence electrons. The van der Waals surface area contributed by atoms with Crippen LogP contribution in [0.1, 0.15) is 44.0 Å². The summed E-state index contributed by atoms with van der Waals surface area (Å²) in [7, 11) is -3.69. The lowest BCUT2D eigenvalue weighted by molar-refractivity contribution is 0.567. The normalized spacial score (nSPS) is 13.4. The highest BCUT2D eigenvalue weighted by atomic mass is 32.2. The van der Waals surface area contributed by atoms with Gasteiger partial charge in [-0.1, -0.05) is 41.2 Å². The fourth-order valence-electron chi connectivity index (χ4n) is 2.90. The zero-order chi connectivity index (χ0) is 19.1. The number of hydrogen-bond donors (Lipinski definition) is 1. The van der Waals surface area contributed by atoms with Crippen LogP contribution >= 0.6 is 11.3 Å². The summed E-state index contributed by atoms with van der Waals surface area (Å²) in [5, 5.41) is 0. The van der Waals surface area contributed by atoms with E-state index in [1.165, 1.54) is 0 Å². The molecule has 3 rings (SSSR count). The number of nitrogens with one attached hydrogen (secondary N) is 1. The molecule has 0 radical (unpaired) electrons. The fourth-order valence-corrected chi connectivity index (χ4v) is 5.28. The number of benzene rings is 2. The molecule has 3 aromatic rings. The van der Waals surface area contributed by atoms with Gasteiger partial charge in [-0.25, -0.2) is 13.1 Å². The number of aryl methyl sites for hydroxylation is 1. The summed E-state index contributed by atoms with van der Waals surface area (Å²) in [5.41, 5.74) is 2.79. The van der Waals surface area contributed by atoms with Crippen molar-refractivity contribution in [1.29, 1.82) is 0 Å². The summed E-state index contributed by atoms with van der Waals surface area (Å²) in [5.74, 6) is 0. The average molecular weight is 391 g/mol. The molecule has 0 aliphatic carbocycles. The molecule has 0 aliphatic rings. The van der Waals surface area contributed by atoms with E-state index < -0.39 is 10.0 Å². The van der Waals surface area contributed by atoms with Crippen molar-refractivity contribution in [2.24, 2.45) is 0 Å². The Balaban J connectivity index is 1.94. The summed E-state index contributed by atoms with van der Waals surface area (Å²) in [4.78, 5) is 12.2. The molecule has 0 saturated heterocycles. The lowest BCUT2D eigenvalue weighted by Gasteiger charge is -2.15. The Labute approximate surface area is 157 Å². The van der Waals surface area contributed by atoms with Gasteiger partial charge >= 0.3 is 4.87 Å². The van der Waals surface area contributed by atoms with E-state index in [-0.39, 0.29) is 21.9 Å².